The number of benzene rings is 2. The molecule has 0 unspecified atom stereocenters. The van der Waals surface area contributed by atoms with Crippen LogP contribution in [0.3, 0.4) is 0 Å². The van der Waals surface area contributed by atoms with E-state index < -0.39 is 0 Å². The average molecular weight is 392 g/mol. The van der Waals surface area contributed by atoms with Crippen LogP contribution < -0.4 is 10.1 Å². The molecule has 1 amide bonds. The van der Waals surface area contributed by atoms with Crippen molar-refractivity contribution < 1.29 is 9.53 Å². The van der Waals surface area contributed by atoms with Crippen LogP contribution in [-0.4, -0.2) is 12.5 Å². The molecule has 0 aliphatic carbocycles. The van der Waals surface area contributed by atoms with Crippen molar-refractivity contribution in [2.45, 2.75) is 53.5 Å². The lowest BCUT2D eigenvalue weighted by Crippen LogP contribution is -2.22. The summed E-state index contributed by atoms with van der Waals surface area (Å²) in [5.74, 6) is 0.778. The monoisotopic (exact) mass is 391 g/mol. The highest BCUT2D eigenvalue weighted by atomic mass is 16.5. The number of nitrogens with one attached hydrogen (secondary N) is 1. The molecule has 0 atom stereocenters. The van der Waals surface area contributed by atoms with E-state index in [1.54, 1.807) is 0 Å². The first-order valence-electron chi connectivity index (χ1n) is 10.5. The number of ether oxygens (including phenoxy) is 1. The van der Waals surface area contributed by atoms with Gasteiger partial charge in [-0.1, -0.05) is 62.3 Å². The van der Waals surface area contributed by atoms with Gasteiger partial charge in [0.15, 0.2) is 0 Å². The van der Waals surface area contributed by atoms with E-state index in [0.29, 0.717) is 12.1 Å². The Hall–Kier alpha value is -2.81. The first kappa shape index (κ1) is 22.5. The smallest absolute Gasteiger partial charge is 0.251 e. The molecule has 0 spiro atoms. The number of rotatable bonds is 10. The van der Waals surface area contributed by atoms with Crippen LogP contribution in [0.4, 0.5) is 0 Å². The molecule has 3 nitrogen and oxygen atoms in total. The van der Waals surface area contributed by atoms with E-state index >= 15 is 0 Å². The van der Waals surface area contributed by atoms with Gasteiger partial charge in [0.1, 0.15) is 5.75 Å². The molecule has 0 radical (unpaired) electrons. The summed E-state index contributed by atoms with van der Waals surface area (Å²) in [7, 11) is 0. The number of unbranched alkanes of at least 4 members (excludes halogenated alkanes) is 1. The third-order valence-electron chi connectivity index (χ3n) is 4.87. The fraction of sp³-hybridized carbons (Fsp3) is 0.346. The molecule has 2 aromatic rings. The van der Waals surface area contributed by atoms with Gasteiger partial charge in [-0.05, 0) is 67.6 Å². The summed E-state index contributed by atoms with van der Waals surface area (Å²) < 4.78 is 5.74. The Morgan fingerprint density at radius 1 is 1.14 bits per heavy atom. The van der Waals surface area contributed by atoms with Crippen molar-refractivity contribution in [3.8, 4) is 5.75 Å². The summed E-state index contributed by atoms with van der Waals surface area (Å²) in [4.78, 5) is 12.6. The molecular weight excluding hydrogens is 358 g/mol. The second-order valence-electron chi connectivity index (χ2n) is 7.33. The first-order chi connectivity index (χ1) is 14.0. The van der Waals surface area contributed by atoms with Crippen LogP contribution in [0.25, 0.3) is 6.08 Å². The molecule has 0 aliphatic rings. The maximum absolute atomic E-state index is 12.6. The minimum absolute atomic E-state index is 0.0720. The molecule has 2 rings (SSSR count). The van der Waals surface area contributed by atoms with Gasteiger partial charge in [0.2, 0.25) is 0 Å². The van der Waals surface area contributed by atoms with Gasteiger partial charge in [-0.3, -0.25) is 4.79 Å². The standard InChI is InChI=1S/C26H33NO2/c1-5-7-16-29-25-13-9-11-22(17-25)19-27-26(28)24-15-14-21(4)23(18-24)12-8-10-20(3)6-2/h8-15,17-18H,5-7,16,19H2,1-4H3,(H,27,28)/b12-8-,20-10+. The van der Waals surface area contributed by atoms with Crippen molar-refractivity contribution in [2.75, 3.05) is 6.61 Å². The third kappa shape index (κ3) is 7.61. The molecule has 0 bridgehead atoms. The van der Waals surface area contributed by atoms with Crippen LogP contribution in [0.5, 0.6) is 5.75 Å². The van der Waals surface area contributed by atoms with Gasteiger partial charge in [0.25, 0.3) is 5.91 Å². The van der Waals surface area contributed by atoms with E-state index in [-0.39, 0.29) is 5.91 Å². The number of hydrogen-bond donors (Lipinski definition) is 1. The third-order valence-corrected chi connectivity index (χ3v) is 4.87. The summed E-state index contributed by atoms with van der Waals surface area (Å²) in [6.45, 7) is 9.65. The van der Waals surface area contributed by atoms with E-state index in [2.05, 4.69) is 45.2 Å². The number of amides is 1. The summed E-state index contributed by atoms with van der Waals surface area (Å²) in [5.41, 5.74) is 5.23. The van der Waals surface area contributed by atoms with Gasteiger partial charge < -0.3 is 10.1 Å². The minimum atomic E-state index is -0.0720. The lowest BCUT2D eigenvalue weighted by atomic mass is 10.0. The fourth-order valence-corrected chi connectivity index (χ4v) is 2.76. The molecule has 0 fully saturated rings. The summed E-state index contributed by atoms with van der Waals surface area (Å²) in [5, 5.41) is 3.01. The van der Waals surface area contributed by atoms with Crippen LogP contribution in [0.1, 0.15) is 67.1 Å². The Balaban J connectivity index is 2.00. The molecule has 29 heavy (non-hydrogen) atoms. The molecule has 0 heterocycles. The highest BCUT2D eigenvalue weighted by molar-refractivity contribution is 5.94. The van der Waals surface area contributed by atoms with Crippen LogP contribution in [0.15, 0.2) is 60.2 Å². The number of carbonyl (C=O) groups is 1. The Labute approximate surface area is 175 Å². The van der Waals surface area contributed by atoms with E-state index in [1.807, 2.05) is 48.5 Å². The average Bonchev–Trinajstić information content (AvgIpc) is 2.73. The molecule has 1 N–H and O–H groups in total. The van der Waals surface area contributed by atoms with E-state index in [0.717, 1.165) is 48.3 Å². The quantitative estimate of drug-likeness (QED) is 0.372. The van der Waals surface area contributed by atoms with Crippen LogP contribution in [0, 0.1) is 6.92 Å². The Morgan fingerprint density at radius 3 is 2.72 bits per heavy atom. The second-order valence-corrected chi connectivity index (χ2v) is 7.33. The Kier molecular flexibility index (Phi) is 9.23. The zero-order chi connectivity index (χ0) is 21.1. The molecule has 0 saturated heterocycles. The van der Waals surface area contributed by atoms with Crippen molar-refractivity contribution in [1.82, 2.24) is 5.32 Å². The molecule has 0 aliphatic heterocycles. The minimum Gasteiger partial charge on any atom is -0.494 e. The van der Waals surface area contributed by atoms with E-state index in [9.17, 15) is 4.79 Å². The van der Waals surface area contributed by atoms with Gasteiger partial charge in [-0.25, -0.2) is 0 Å². The van der Waals surface area contributed by atoms with Crippen molar-refractivity contribution in [1.29, 1.82) is 0 Å². The maximum Gasteiger partial charge on any atom is 0.251 e. The second kappa shape index (κ2) is 11.9. The highest BCUT2D eigenvalue weighted by Crippen LogP contribution is 2.16. The molecule has 154 valence electrons. The number of hydrogen-bond acceptors (Lipinski definition) is 2. The Bertz CT molecular complexity index is 865. The number of carbonyl (C=O) groups excluding carboxylic acids is 1. The normalized spacial score (nSPS) is 11.7. The van der Waals surface area contributed by atoms with Gasteiger partial charge in [0.05, 0.1) is 6.61 Å². The molecule has 0 aromatic heterocycles. The zero-order valence-electron chi connectivity index (χ0n) is 18.1. The lowest BCUT2D eigenvalue weighted by Gasteiger charge is -2.10. The predicted octanol–water partition coefficient (Wildman–Crippen LogP) is 6.47. The molecular formula is C26H33NO2. The van der Waals surface area contributed by atoms with Crippen LogP contribution >= 0.6 is 0 Å². The lowest BCUT2D eigenvalue weighted by molar-refractivity contribution is 0.0951. The molecule has 0 saturated carbocycles. The first-order valence-corrected chi connectivity index (χ1v) is 10.5. The topological polar surface area (TPSA) is 38.3 Å². The highest BCUT2D eigenvalue weighted by Gasteiger charge is 2.07. The van der Waals surface area contributed by atoms with Gasteiger partial charge in [0, 0.05) is 12.1 Å². The largest absolute Gasteiger partial charge is 0.494 e. The van der Waals surface area contributed by atoms with Crippen molar-refractivity contribution in [3.05, 3.63) is 82.4 Å². The van der Waals surface area contributed by atoms with Crippen LogP contribution in [0.2, 0.25) is 0 Å². The summed E-state index contributed by atoms with van der Waals surface area (Å²) in [6.07, 6.45) is 9.41. The predicted molar refractivity (Wildman–Crippen MR) is 122 cm³/mol. The van der Waals surface area contributed by atoms with Gasteiger partial charge >= 0.3 is 0 Å². The number of allylic oxidation sites excluding steroid dienone is 3. The van der Waals surface area contributed by atoms with Gasteiger partial charge in [-0.15, -0.1) is 0 Å². The number of aryl methyl sites for hydroxylation is 1. The molecule has 2 aromatic carbocycles. The Morgan fingerprint density at radius 2 is 1.97 bits per heavy atom. The maximum atomic E-state index is 12.6. The van der Waals surface area contributed by atoms with Crippen LogP contribution in [-0.2, 0) is 6.54 Å². The summed E-state index contributed by atoms with van der Waals surface area (Å²) in [6, 6.07) is 13.7. The zero-order valence-corrected chi connectivity index (χ0v) is 18.1. The van der Waals surface area contributed by atoms with Crippen molar-refractivity contribution in [2.24, 2.45) is 0 Å². The molecule has 3 heteroatoms. The van der Waals surface area contributed by atoms with Crippen molar-refractivity contribution >= 4 is 12.0 Å². The van der Waals surface area contributed by atoms with E-state index in [1.165, 1.54) is 5.57 Å². The van der Waals surface area contributed by atoms with Gasteiger partial charge in [-0.2, -0.15) is 0 Å². The SMILES string of the molecule is CCCCOc1cccc(CNC(=O)c2ccc(C)c(/C=C\C=C(/C)CC)c2)c1. The summed E-state index contributed by atoms with van der Waals surface area (Å²) >= 11 is 0. The van der Waals surface area contributed by atoms with Crippen molar-refractivity contribution in [3.63, 3.8) is 0 Å². The fourth-order valence-electron chi connectivity index (χ4n) is 2.76. The van der Waals surface area contributed by atoms with E-state index in [4.69, 9.17) is 4.74 Å².